The van der Waals surface area contributed by atoms with Gasteiger partial charge in [-0.1, -0.05) is 41.4 Å². The first-order chi connectivity index (χ1) is 13.9. The van der Waals surface area contributed by atoms with E-state index in [2.05, 4.69) is 20.9 Å². The molecule has 0 unspecified atom stereocenters. The van der Waals surface area contributed by atoms with Crippen molar-refractivity contribution in [3.05, 3.63) is 88.1 Å². The first-order valence-corrected chi connectivity index (χ1v) is 9.43. The van der Waals surface area contributed by atoms with E-state index in [0.29, 0.717) is 29.2 Å². The van der Waals surface area contributed by atoms with Gasteiger partial charge in [0.05, 0.1) is 0 Å². The highest BCUT2D eigenvalue weighted by atomic mass is 35.5. The van der Waals surface area contributed by atoms with Crippen molar-refractivity contribution in [3.8, 4) is 0 Å². The van der Waals surface area contributed by atoms with Crippen LogP contribution in [0, 0.1) is 6.92 Å². The Morgan fingerprint density at radius 2 is 1.72 bits per heavy atom. The van der Waals surface area contributed by atoms with E-state index in [0.717, 1.165) is 11.1 Å². The maximum atomic E-state index is 12.4. The second-order valence-corrected chi connectivity index (χ2v) is 6.90. The molecule has 6 nitrogen and oxygen atoms in total. The molecule has 0 radical (unpaired) electrons. The Hall–Kier alpha value is -3.38. The molecule has 0 bridgehead atoms. The van der Waals surface area contributed by atoms with Gasteiger partial charge in [-0.25, -0.2) is 4.98 Å². The summed E-state index contributed by atoms with van der Waals surface area (Å²) in [4.78, 5) is 28.8. The number of hydrogen-bond acceptors (Lipinski definition) is 4. The van der Waals surface area contributed by atoms with Crippen LogP contribution in [0.4, 0.5) is 11.5 Å². The molecule has 0 aliphatic heterocycles. The molecular weight excluding hydrogens is 388 g/mol. The van der Waals surface area contributed by atoms with Crippen LogP contribution in [0.1, 0.15) is 31.8 Å². The summed E-state index contributed by atoms with van der Waals surface area (Å²) in [6.07, 6.45) is 0. The van der Waals surface area contributed by atoms with Gasteiger partial charge in [-0.15, -0.1) is 0 Å². The van der Waals surface area contributed by atoms with Gasteiger partial charge in [0.2, 0.25) is 0 Å². The Balaban J connectivity index is 1.64. The van der Waals surface area contributed by atoms with Crippen LogP contribution in [0.3, 0.4) is 0 Å². The molecule has 0 saturated carbocycles. The zero-order valence-corrected chi connectivity index (χ0v) is 16.9. The zero-order valence-electron chi connectivity index (χ0n) is 16.1. The van der Waals surface area contributed by atoms with Crippen molar-refractivity contribution in [3.63, 3.8) is 0 Å². The number of amides is 2. The molecule has 2 amide bonds. The number of carbonyl (C=O) groups is 2. The van der Waals surface area contributed by atoms with Gasteiger partial charge in [-0.05, 0) is 48.9 Å². The monoisotopic (exact) mass is 408 g/mol. The summed E-state index contributed by atoms with van der Waals surface area (Å²) in [6.45, 7) is 2.28. The van der Waals surface area contributed by atoms with Crippen LogP contribution in [-0.2, 0) is 6.54 Å². The lowest BCUT2D eigenvalue weighted by Gasteiger charge is -2.10. The molecule has 0 saturated heterocycles. The summed E-state index contributed by atoms with van der Waals surface area (Å²) >= 11 is 5.95. The van der Waals surface area contributed by atoms with Gasteiger partial charge >= 0.3 is 0 Å². The number of halogens is 1. The highest BCUT2D eigenvalue weighted by molar-refractivity contribution is 6.29. The Bertz CT molecular complexity index is 1040. The third-order valence-electron chi connectivity index (χ3n) is 4.26. The van der Waals surface area contributed by atoms with E-state index in [9.17, 15) is 9.59 Å². The predicted octanol–water partition coefficient (Wildman–Crippen LogP) is 4.27. The van der Waals surface area contributed by atoms with E-state index in [1.54, 1.807) is 31.3 Å². The molecular formula is C22H21ClN4O2. The minimum atomic E-state index is -0.264. The Kier molecular flexibility index (Phi) is 6.46. The van der Waals surface area contributed by atoms with Crippen molar-refractivity contribution in [2.24, 2.45) is 0 Å². The lowest BCUT2D eigenvalue weighted by atomic mass is 10.1. The smallest absolute Gasteiger partial charge is 0.255 e. The fourth-order valence-electron chi connectivity index (χ4n) is 2.71. The van der Waals surface area contributed by atoms with E-state index in [1.165, 1.54) is 6.07 Å². The summed E-state index contributed by atoms with van der Waals surface area (Å²) in [6, 6.07) is 17.8. The van der Waals surface area contributed by atoms with Gasteiger partial charge in [0.15, 0.2) is 0 Å². The third-order valence-corrected chi connectivity index (χ3v) is 4.46. The number of rotatable bonds is 6. The van der Waals surface area contributed by atoms with E-state index >= 15 is 0 Å². The van der Waals surface area contributed by atoms with Crippen LogP contribution < -0.4 is 16.0 Å². The Morgan fingerprint density at radius 1 is 0.966 bits per heavy atom. The van der Waals surface area contributed by atoms with Crippen molar-refractivity contribution in [1.82, 2.24) is 10.3 Å². The van der Waals surface area contributed by atoms with Gasteiger partial charge in [-0.2, -0.15) is 0 Å². The fraction of sp³-hybridized carbons (Fsp3) is 0.136. The summed E-state index contributed by atoms with van der Waals surface area (Å²) < 4.78 is 0. The number of carbonyl (C=O) groups excluding carboxylic acids is 2. The lowest BCUT2D eigenvalue weighted by molar-refractivity contribution is 0.0950. The fourth-order valence-corrected chi connectivity index (χ4v) is 2.92. The molecule has 0 aliphatic rings. The zero-order chi connectivity index (χ0) is 20.8. The quantitative estimate of drug-likeness (QED) is 0.532. The number of nitrogens with one attached hydrogen (secondary N) is 3. The molecule has 0 aliphatic carbocycles. The van der Waals surface area contributed by atoms with Crippen molar-refractivity contribution in [2.75, 3.05) is 17.7 Å². The standard InChI is InChI=1S/C22H21ClN4O2/c1-14-6-8-16(9-7-14)22(29)26-18-5-3-4-15(10-18)13-25-21(28)17-11-19(23)27-20(12-17)24-2/h3-12H,13H2,1-2H3,(H,24,27)(H,25,28)(H,26,29). The number of nitrogens with zero attached hydrogens (tertiary/aromatic N) is 1. The number of aromatic nitrogens is 1. The highest BCUT2D eigenvalue weighted by Gasteiger charge is 2.10. The highest BCUT2D eigenvalue weighted by Crippen LogP contribution is 2.15. The molecule has 3 rings (SSSR count). The summed E-state index contributed by atoms with van der Waals surface area (Å²) in [7, 11) is 1.71. The third kappa shape index (κ3) is 5.56. The topological polar surface area (TPSA) is 83.1 Å². The van der Waals surface area contributed by atoms with E-state index in [1.807, 2.05) is 37.3 Å². The molecule has 0 spiro atoms. The number of hydrogen-bond donors (Lipinski definition) is 3. The molecule has 3 aromatic rings. The molecule has 29 heavy (non-hydrogen) atoms. The van der Waals surface area contributed by atoms with Crippen LogP contribution in [-0.4, -0.2) is 23.8 Å². The van der Waals surface area contributed by atoms with Crippen LogP contribution in [0.2, 0.25) is 5.15 Å². The molecule has 7 heteroatoms. The molecule has 0 atom stereocenters. The summed E-state index contributed by atoms with van der Waals surface area (Å²) in [5.74, 6) is 0.0700. The lowest BCUT2D eigenvalue weighted by Crippen LogP contribution is -2.23. The Morgan fingerprint density at radius 3 is 2.45 bits per heavy atom. The molecule has 3 N–H and O–H groups in total. The second kappa shape index (κ2) is 9.21. The summed E-state index contributed by atoms with van der Waals surface area (Å²) in [5, 5.41) is 8.82. The molecule has 0 fully saturated rings. The van der Waals surface area contributed by atoms with E-state index < -0.39 is 0 Å². The van der Waals surface area contributed by atoms with Crippen molar-refractivity contribution >= 4 is 34.9 Å². The SMILES string of the molecule is CNc1cc(C(=O)NCc2cccc(NC(=O)c3ccc(C)cc3)c2)cc(Cl)n1. The Labute approximate surface area is 174 Å². The minimum Gasteiger partial charge on any atom is -0.373 e. The van der Waals surface area contributed by atoms with Gasteiger partial charge in [0, 0.05) is 30.4 Å². The van der Waals surface area contributed by atoms with Crippen molar-refractivity contribution < 1.29 is 9.59 Å². The summed E-state index contributed by atoms with van der Waals surface area (Å²) in [5.41, 5.74) is 3.61. The number of benzene rings is 2. The number of pyridine rings is 1. The van der Waals surface area contributed by atoms with Crippen LogP contribution >= 0.6 is 11.6 Å². The van der Waals surface area contributed by atoms with Crippen LogP contribution in [0.5, 0.6) is 0 Å². The van der Waals surface area contributed by atoms with Gasteiger partial charge in [-0.3, -0.25) is 9.59 Å². The van der Waals surface area contributed by atoms with Gasteiger partial charge in [0.1, 0.15) is 11.0 Å². The van der Waals surface area contributed by atoms with E-state index in [4.69, 9.17) is 11.6 Å². The average molecular weight is 409 g/mol. The largest absolute Gasteiger partial charge is 0.373 e. The van der Waals surface area contributed by atoms with Gasteiger partial charge in [0.25, 0.3) is 11.8 Å². The molecule has 2 aromatic carbocycles. The molecule has 1 aromatic heterocycles. The second-order valence-electron chi connectivity index (χ2n) is 6.52. The maximum Gasteiger partial charge on any atom is 0.255 e. The van der Waals surface area contributed by atoms with E-state index in [-0.39, 0.29) is 17.0 Å². The minimum absolute atomic E-state index is 0.183. The molecule has 1 heterocycles. The van der Waals surface area contributed by atoms with Crippen molar-refractivity contribution in [2.45, 2.75) is 13.5 Å². The van der Waals surface area contributed by atoms with Crippen LogP contribution in [0.15, 0.2) is 60.7 Å². The number of aryl methyl sites for hydroxylation is 1. The van der Waals surface area contributed by atoms with Crippen molar-refractivity contribution in [1.29, 1.82) is 0 Å². The van der Waals surface area contributed by atoms with Crippen LogP contribution in [0.25, 0.3) is 0 Å². The maximum absolute atomic E-state index is 12.4. The normalized spacial score (nSPS) is 10.3. The predicted molar refractivity (Wildman–Crippen MR) is 116 cm³/mol. The average Bonchev–Trinajstić information content (AvgIpc) is 2.72. The van der Waals surface area contributed by atoms with Gasteiger partial charge < -0.3 is 16.0 Å². The first kappa shape index (κ1) is 20.4. The molecule has 148 valence electrons. The number of anilines is 2. The first-order valence-electron chi connectivity index (χ1n) is 9.05.